The minimum Gasteiger partial charge on any atom is -0.465 e. The Hall–Kier alpha value is -0.680. The highest BCUT2D eigenvalue weighted by molar-refractivity contribution is 9.10. The zero-order valence-electron chi connectivity index (χ0n) is 8.79. The lowest BCUT2D eigenvalue weighted by Crippen LogP contribution is -2.44. The van der Waals surface area contributed by atoms with Crippen LogP contribution in [0.4, 0.5) is 0 Å². The van der Waals surface area contributed by atoms with Gasteiger partial charge in [-0.2, -0.15) is 0 Å². The molecule has 3 nitrogen and oxygen atoms in total. The molecule has 1 aliphatic rings. The van der Waals surface area contributed by atoms with Crippen LogP contribution < -0.4 is 0 Å². The van der Waals surface area contributed by atoms with E-state index in [9.17, 15) is 9.59 Å². The van der Waals surface area contributed by atoms with Gasteiger partial charge in [-0.15, -0.1) is 11.3 Å². The average molecular weight is 303 g/mol. The molecular formula is C11H11BrO3S. The first-order valence-corrected chi connectivity index (χ1v) is 6.74. The van der Waals surface area contributed by atoms with E-state index >= 15 is 0 Å². The lowest BCUT2D eigenvalue weighted by atomic mass is 9.87. The quantitative estimate of drug-likeness (QED) is 0.479. The van der Waals surface area contributed by atoms with Crippen LogP contribution in [0.2, 0.25) is 0 Å². The molecule has 1 unspecified atom stereocenters. The minimum atomic E-state index is -1.17. The average Bonchev–Trinajstić information content (AvgIpc) is 2.72. The number of carbonyl (C=O) groups excluding carboxylic acids is 2. The molecule has 1 aliphatic carbocycles. The van der Waals surface area contributed by atoms with E-state index in [-0.39, 0.29) is 12.4 Å². The first-order chi connectivity index (χ1) is 7.59. The van der Waals surface area contributed by atoms with Gasteiger partial charge in [0.15, 0.2) is 10.1 Å². The smallest absolute Gasteiger partial charge is 0.330 e. The maximum Gasteiger partial charge on any atom is 0.330 e. The van der Waals surface area contributed by atoms with Gasteiger partial charge in [0.1, 0.15) is 0 Å². The fourth-order valence-electron chi connectivity index (χ4n) is 1.79. The summed E-state index contributed by atoms with van der Waals surface area (Å²) in [6, 6.07) is 1.77. The third-order valence-electron chi connectivity index (χ3n) is 2.65. The van der Waals surface area contributed by atoms with Crippen LogP contribution in [0, 0.1) is 0 Å². The second-order valence-corrected chi connectivity index (χ2v) is 5.96. The van der Waals surface area contributed by atoms with Crippen LogP contribution >= 0.6 is 27.3 Å². The highest BCUT2D eigenvalue weighted by Crippen LogP contribution is 2.38. The molecule has 5 heteroatoms. The van der Waals surface area contributed by atoms with E-state index < -0.39 is 10.3 Å². The number of hydrogen-bond donors (Lipinski definition) is 0. The highest BCUT2D eigenvalue weighted by Gasteiger charge is 2.48. The van der Waals surface area contributed by atoms with E-state index in [1.165, 1.54) is 0 Å². The molecule has 0 amide bonds. The molecule has 0 aliphatic heterocycles. The maximum absolute atomic E-state index is 12.2. The molecule has 0 fully saturated rings. The molecule has 2 rings (SSSR count). The number of Topliss-reactive ketones (excluding diaryl/α,β-unsaturated/α-hetero) is 1. The molecule has 0 bridgehead atoms. The topological polar surface area (TPSA) is 43.4 Å². The standard InChI is InChI=1S/C11H11BrO3S/c1-2-15-10(14)11(12)5-3-8-7(9(11)13)4-6-16-8/h4,6H,2-3,5H2,1H3. The first-order valence-electron chi connectivity index (χ1n) is 5.07. The fourth-order valence-corrected chi connectivity index (χ4v) is 3.19. The Bertz CT molecular complexity index is 440. The maximum atomic E-state index is 12.2. The molecule has 0 saturated heterocycles. The normalized spacial score (nSPS) is 24.0. The molecule has 0 aromatic carbocycles. The van der Waals surface area contributed by atoms with Crippen molar-refractivity contribution < 1.29 is 14.3 Å². The van der Waals surface area contributed by atoms with Crippen molar-refractivity contribution in [1.82, 2.24) is 0 Å². The summed E-state index contributed by atoms with van der Waals surface area (Å²) in [4.78, 5) is 25.0. The Kier molecular flexibility index (Phi) is 3.17. The summed E-state index contributed by atoms with van der Waals surface area (Å²) in [5, 5.41) is 1.88. The predicted octanol–water partition coefficient (Wildman–Crippen LogP) is 2.57. The zero-order chi connectivity index (χ0) is 11.8. The molecule has 0 radical (unpaired) electrons. The number of halogens is 1. The van der Waals surface area contributed by atoms with Gasteiger partial charge in [0, 0.05) is 10.4 Å². The van der Waals surface area contributed by atoms with Crippen LogP contribution in [0.1, 0.15) is 28.6 Å². The number of esters is 1. The predicted molar refractivity (Wildman–Crippen MR) is 65.3 cm³/mol. The molecular weight excluding hydrogens is 292 g/mol. The van der Waals surface area contributed by atoms with Crippen molar-refractivity contribution in [2.75, 3.05) is 6.61 Å². The Labute approximate surface area is 106 Å². The van der Waals surface area contributed by atoms with E-state index in [2.05, 4.69) is 15.9 Å². The third-order valence-corrected chi connectivity index (χ3v) is 4.71. The molecule has 0 N–H and O–H groups in total. The van der Waals surface area contributed by atoms with Crippen molar-refractivity contribution in [2.45, 2.75) is 24.1 Å². The fraction of sp³-hybridized carbons (Fsp3) is 0.455. The molecule has 86 valence electrons. The van der Waals surface area contributed by atoms with Crippen molar-refractivity contribution in [3.8, 4) is 0 Å². The second kappa shape index (κ2) is 4.30. The lowest BCUT2D eigenvalue weighted by molar-refractivity contribution is -0.144. The summed E-state index contributed by atoms with van der Waals surface area (Å²) in [5.41, 5.74) is 0.654. The molecule has 0 saturated carbocycles. The molecule has 1 heterocycles. The van der Waals surface area contributed by atoms with Gasteiger partial charge in [0.05, 0.1) is 6.61 Å². The van der Waals surface area contributed by atoms with Crippen molar-refractivity contribution in [1.29, 1.82) is 0 Å². The number of ether oxygens (including phenoxy) is 1. The van der Waals surface area contributed by atoms with Gasteiger partial charge in [0.25, 0.3) is 0 Å². The summed E-state index contributed by atoms with van der Waals surface area (Å²) in [5.74, 6) is -0.648. The van der Waals surface area contributed by atoms with Gasteiger partial charge in [-0.1, -0.05) is 15.9 Å². The second-order valence-electron chi connectivity index (χ2n) is 3.61. The van der Waals surface area contributed by atoms with Crippen molar-refractivity contribution in [2.24, 2.45) is 0 Å². The van der Waals surface area contributed by atoms with Crippen LogP contribution in [-0.4, -0.2) is 22.7 Å². The van der Waals surface area contributed by atoms with Crippen LogP contribution in [0.25, 0.3) is 0 Å². The molecule has 1 aromatic heterocycles. The monoisotopic (exact) mass is 302 g/mol. The number of thiophene rings is 1. The Balaban J connectivity index is 2.33. The van der Waals surface area contributed by atoms with Crippen molar-refractivity contribution in [3.63, 3.8) is 0 Å². The van der Waals surface area contributed by atoms with Crippen LogP contribution in [0.3, 0.4) is 0 Å². The SMILES string of the molecule is CCOC(=O)C1(Br)CCc2sccc2C1=O. The number of alkyl halides is 1. The number of carbonyl (C=O) groups is 2. The number of ketones is 1. The van der Waals surface area contributed by atoms with Crippen LogP contribution in [0.15, 0.2) is 11.4 Å². The van der Waals surface area contributed by atoms with E-state index in [4.69, 9.17) is 4.74 Å². The molecule has 0 spiro atoms. The van der Waals surface area contributed by atoms with Gasteiger partial charge >= 0.3 is 5.97 Å². The van der Waals surface area contributed by atoms with Gasteiger partial charge in [-0.25, -0.2) is 0 Å². The van der Waals surface area contributed by atoms with Crippen molar-refractivity contribution in [3.05, 3.63) is 21.9 Å². The summed E-state index contributed by atoms with van der Waals surface area (Å²) >= 11 is 4.82. The summed E-state index contributed by atoms with van der Waals surface area (Å²) < 4.78 is 3.77. The number of aryl methyl sites for hydroxylation is 1. The van der Waals surface area contributed by atoms with E-state index in [0.717, 1.165) is 11.3 Å². The Morgan fingerprint density at radius 3 is 3.12 bits per heavy atom. The molecule has 1 aromatic rings. The number of hydrogen-bond acceptors (Lipinski definition) is 4. The van der Waals surface area contributed by atoms with E-state index in [0.29, 0.717) is 12.0 Å². The summed E-state index contributed by atoms with van der Waals surface area (Å²) in [7, 11) is 0. The van der Waals surface area contributed by atoms with Gasteiger partial charge in [0.2, 0.25) is 0 Å². The largest absolute Gasteiger partial charge is 0.465 e. The Morgan fingerprint density at radius 1 is 1.69 bits per heavy atom. The number of fused-ring (bicyclic) bond motifs is 1. The third kappa shape index (κ3) is 1.72. The van der Waals surface area contributed by atoms with Crippen molar-refractivity contribution >= 4 is 39.0 Å². The molecule has 16 heavy (non-hydrogen) atoms. The highest BCUT2D eigenvalue weighted by atomic mass is 79.9. The summed E-state index contributed by atoms with van der Waals surface area (Å²) in [6.45, 7) is 2.02. The Morgan fingerprint density at radius 2 is 2.44 bits per heavy atom. The first kappa shape index (κ1) is 11.8. The van der Waals surface area contributed by atoms with Gasteiger partial charge < -0.3 is 4.74 Å². The van der Waals surface area contributed by atoms with Crippen LogP contribution in [0.5, 0.6) is 0 Å². The van der Waals surface area contributed by atoms with E-state index in [1.807, 2.05) is 5.38 Å². The van der Waals surface area contributed by atoms with Crippen LogP contribution in [-0.2, 0) is 16.0 Å². The minimum absolute atomic E-state index is 0.173. The molecule has 1 atom stereocenters. The van der Waals surface area contributed by atoms with E-state index in [1.54, 1.807) is 24.3 Å². The number of rotatable bonds is 2. The van der Waals surface area contributed by atoms with Gasteiger partial charge in [-0.3, -0.25) is 9.59 Å². The lowest BCUT2D eigenvalue weighted by Gasteiger charge is -2.27. The zero-order valence-corrected chi connectivity index (χ0v) is 11.2. The summed E-state index contributed by atoms with van der Waals surface area (Å²) in [6.07, 6.45) is 1.21. The van der Waals surface area contributed by atoms with Gasteiger partial charge in [-0.05, 0) is 31.2 Å².